The summed E-state index contributed by atoms with van der Waals surface area (Å²) >= 11 is 0. The molecule has 0 spiro atoms. The molecule has 0 amide bonds. The Balaban J connectivity index is 2.39. The third kappa shape index (κ3) is 1.14. The number of fused-ring (bicyclic) bond motifs is 1. The third-order valence-corrected chi connectivity index (χ3v) is 2.82. The van der Waals surface area contributed by atoms with Crippen LogP contribution in [0.5, 0.6) is 0 Å². The number of allylic oxidation sites excluding steroid dienone is 4. The van der Waals surface area contributed by atoms with Crippen molar-refractivity contribution in [2.75, 3.05) is 0 Å². The average molecular weight is 162 g/mol. The van der Waals surface area contributed by atoms with Crippen molar-refractivity contribution in [2.45, 2.75) is 25.9 Å². The van der Waals surface area contributed by atoms with Crippen LogP contribution in [0.25, 0.3) is 0 Å². The molecule has 1 nitrogen and oxygen atoms in total. The predicted octanol–water partition coefficient (Wildman–Crippen LogP) is 2.20. The van der Waals surface area contributed by atoms with Crippen LogP contribution in [0.15, 0.2) is 36.0 Å². The molecule has 0 aromatic heterocycles. The Labute approximate surface area is 73.1 Å². The van der Waals surface area contributed by atoms with E-state index in [0.717, 1.165) is 6.42 Å². The summed E-state index contributed by atoms with van der Waals surface area (Å²) in [4.78, 5) is 0. The molecule has 0 saturated carbocycles. The van der Waals surface area contributed by atoms with Crippen molar-refractivity contribution in [3.8, 4) is 0 Å². The third-order valence-electron chi connectivity index (χ3n) is 2.82. The quantitative estimate of drug-likeness (QED) is 0.541. The summed E-state index contributed by atoms with van der Waals surface area (Å²) in [6, 6.07) is 0. The number of rotatable bonds is 0. The van der Waals surface area contributed by atoms with Crippen LogP contribution in [0.2, 0.25) is 0 Å². The Hall–Kier alpha value is -0.820. The summed E-state index contributed by atoms with van der Waals surface area (Å²) in [6.07, 6.45) is 12.1. The van der Waals surface area contributed by atoms with Gasteiger partial charge in [-0.1, -0.05) is 37.3 Å². The maximum atomic E-state index is 9.36. The molecule has 2 atom stereocenters. The number of aliphatic hydroxyl groups excluding tert-OH is 1. The number of hydrogen-bond donors (Lipinski definition) is 1. The normalized spacial score (nSPS) is 39.2. The molecule has 0 aliphatic heterocycles. The molecule has 0 radical (unpaired) electrons. The van der Waals surface area contributed by atoms with E-state index in [9.17, 15) is 5.11 Å². The minimum absolute atomic E-state index is 0.188. The fourth-order valence-corrected chi connectivity index (χ4v) is 1.92. The van der Waals surface area contributed by atoms with Gasteiger partial charge in [-0.15, -0.1) is 0 Å². The Morgan fingerprint density at radius 1 is 1.50 bits per heavy atom. The highest BCUT2D eigenvalue weighted by Crippen LogP contribution is 2.41. The van der Waals surface area contributed by atoms with E-state index in [-0.39, 0.29) is 5.41 Å². The van der Waals surface area contributed by atoms with Crippen molar-refractivity contribution in [3.63, 3.8) is 0 Å². The summed E-state index contributed by atoms with van der Waals surface area (Å²) in [7, 11) is 0. The van der Waals surface area contributed by atoms with E-state index in [2.05, 4.69) is 25.2 Å². The van der Waals surface area contributed by atoms with Gasteiger partial charge < -0.3 is 5.11 Å². The molecule has 2 aliphatic carbocycles. The SMILES string of the molecule is CC12C=CC(O)C=CC1=CCC2. The van der Waals surface area contributed by atoms with Gasteiger partial charge in [0.05, 0.1) is 6.10 Å². The second-order valence-corrected chi connectivity index (χ2v) is 3.82. The van der Waals surface area contributed by atoms with Crippen LogP contribution in [0.4, 0.5) is 0 Å². The van der Waals surface area contributed by atoms with Gasteiger partial charge in [0.2, 0.25) is 0 Å². The van der Waals surface area contributed by atoms with Crippen molar-refractivity contribution in [1.29, 1.82) is 0 Å². The van der Waals surface area contributed by atoms with E-state index in [0.29, 0.717) is 0 Å². The van der Waals surface area contributed by atoms with Crippen molar-refractivity contribution in [1.82, 2.24) is 0 Å². The molecule has 1 N–H and O–H groups in total. The lowest BCUT2D eigenvalue weighted by atomic mass is 9.83. The van der Waals surface area contributed by atoms with E-state index in [1.807, 2.05) is 12.2 Å². The van der Waals surface area contributed by atoms with Crippen LogP contribution >= 0.6 is 0 Å². The first-order valence-corrected chi connectivity index (χ1v) is 4.47. The van der Waals surface area contributed by atoms with E-state index in [1.54, 1.807) is 0 Å². The van der Waals surface area contributed by atoms with E-state index in [4.69, 9.17) is 0 Å². The minimum atomic E-state index is -0.395. The van der Waals surface area contributed by atoms with Crippen LogP contribution in [-0.2, 0) is 0 Å². The predicted molar refractivity (Wildman–Crippen MR) is 49.7 cm³/mol. The van der Waals surface area contributed by atoms with Gasteiger partial charge in [-0.2, -0.15) is 0 Å². The lowest BCUT2D eigenvalue weighted by molar-refractivity contribution is 0.271. The Kier molecular flexibility index (Phi) is 1.69. The second kappa shape index (κ2) is 2.60. The van der Waals surface area contributed by atoms with Crippen LogP contribution < -0.4 is 0 Å². The zero-order valence-corrected chi connectivity index (χ0v) is 7.33. The van der Waals surface area contributed by atoms with Crippen LogP contribution in [0, 0.1) is 5.41 Å². The average Bonchev–Trinajstić information content (AvgIpc) is 2.35. The van der Waals surface area contributed by atoms with Crippen molar-refractivity contribution < 1.29 is 5.11 Å². The van der Waals surface area contributed by atoms with Crippen LogP contribution in [-0.4, -0.2) is 11.2 Å². The van der Waals surface area contributed by atoms with Crippen LogP contribution in [0.3, 0.4) is 0 Å². The van der Waals surface area contributed by atoms with Gasteiger partial charge in [-0.25, -0.2) is 0 Å². The van der Waals surface area contributed by atoms with E-state index >= 15 is 0 Å². The first-order chi connectivity index (χ1) is 5.71. The van der Waals surface area contributed by atoms with Crippen molar-refractivity contribution >= 4 is 0 Å². The number of aliphatic hydroxyl groups is 1. The zero-order chi connectivity index (χ0) is 8.60. The highest BCUT2D eigenvalue weighted by Gasteiger charge is 2.29. The second-order valence-electron chi connectivity index (χ2n) is 3.82. The first kappa shape index (κ1) is 7.81. The molecule has 0 fully saturated rings. The Morgan fingerprint density at radius 3 is 3.17 bits per heavy atom. The maximum absolute atomic E-state index is 9.36. The molecule has 0 heterocycles. The van der Waals surface area contributed by atoms with Gasteiger partial charge >= 0.3 is 0 Å². The molecular formula is C11H14O. The van der Waals surface area contributed by atoms with E-state index < -0.39 is 6.10 Å². The molecule has 1 heteroatoms. The van der Waals surface area contributed by atoms with Crippen LogP contribution in [0.1, 0.15) is 19.8 Å². The molecule has 0 bridgehead atoms. The number of hydrogen-bond acceptors (Lipinski definition) is 1. The minimum Gasteiger partial charge on any atom is -0.385 e. The molecule has 64 valence electrons. The van der Waals surface area contributed by atoms with Gasteiger partial charge in [0.1, 0.15) is 0 Å². The maximum Gasteiger partial charge on any atom is 0.0906 e. The standard InChI is InChI=1S/C11H14O/c1-11-7-2-3-9(11)4-5-10(12)6-8-11/h3-6,8,10,12H,2,7H2,1H3. The summed E-state index contributed by atoms with van der Waals surface area (Å²) < 4.78 is 0. The molecule has 12 heavy (non-hydrogen) atoms. The highest BCUT2D eigenvalue weighted by molar-refractivity contribution is 5.38. The van der Waals surface area contributed by atoms with Crippen molar-refractivity contribution in [2.24, 2.45) is 5.41 Å². The lowest BCUT2D eigenvalue weighted by Crippen LogP contribution is -2.09. The first-order valence-electron chi connectivity index (χ1n) is 4.47. The van der Waals surface area contributed by atoms with E-state index in [1.165, 1.54) is 12.0 Å². The van der Waals surface area contributed by atoms with Gasteiger partial charge in [0.15, 0.2) is 0 Å². The molecule has 0 saturated heterocycles. The Bertz CT molecular complexity index is 273. The largest absolute Gasteiger partial charge is 0.385 e. The fourth-order valence-electron chi connectivity index (χ4n) is 1.92. The van der Waals surface area contributed by atoms with Gasteiger partial charge in [0, 0.05) is 5.41 Å². The zero-order valence-electron chi connectivity index (χ0n) is 7.33. The topological polar surface area (TPSA) is 20.2 Å². The van der Waals surface area contributed by atoms with Gasteiger partial charge in [-0.05, 0) is 18.4 Å². The molecular weight excluding hydrogens is 148 g/mol. The molecule has 0 aromatic rings. The smallest absolute Gasteiger partial charge is 0.0906 e. The molecule has 2 aliphatic rings. The highest BCUT2D eigenvalue weighted by atomic mass is 16.3. The monoisotopic (exact) mass is 162 g/mol. The fraction of sp³-hybridized carbons (Fsp3) is 0.455. The molecule has 2 unspecified atom stereocenters. The molecule has 0 aromatic carbocycles. The van der Waals surface area contributed by atoms with Gasteiger partial charge in [-0.3, -0.25) is 0 Å². The summed E-state index contributed by atoms with van der Waals surface area (Å²) in [5.41, 5.74) is 1.55. The molecule has 2 rings (SSSR count). The van der Waals surface area contributed by atoms with Crippen molar-refractivity contribution in [3.05, 3.63) is 36.0 Å². The Morgan fingerprint density at radius 2 is 2.33 bits per heavy atom. The lowest BCUT2D eigenvalue weighted by Gasteiger charge is -2.20. The van der Waals surface area contributed by atoms with Gasteiger partial charge in [0.25, 0.3) is 0 Å². The summed E-state index contributed by atoms with van der Waals surface area (Å²) in [5, 5.41) is 9.36. The summed E-state index contributed by atoms with van der Waals surface area (Å²) in [5.74, 6) is 0. The summed E-state index contributed by atoms with van der Waals surface area (Å²) in [6.45, 7) is 2.23.